The Bertz CT molecular complexity index is 717. The smallest absolute Gasteiger partial charge is 0.226 e. The van der Waals surface area contributed by atoms with Crippen LogP contribution < -0.4 is 0 Å². The van der Waals surface area contributed by atoms with Gasteiger partial charge in [0, 0.05) is 43.0 Å². The molecule has 0 radical (unpaired) electrons. The summed E-state index contributed by atoms with van der Waals surface area (Å²) >= 11 is 0. The first-order valence-electron chi connectivity index (χ1n) is 9.96. The topological polar surface area (TPSA) is 52.2 Å². The van der Waals surface area contributed by atoms with E-state index in [4.69, 9.17) is 0 Å². The lowest BCUT2D eigenvalue weighted by Gasteiger charge is -2.38. The van der Waals surface area contributed by atoms with Crippen molar-refractivity contribution in [2.24, 2.45) is 5.92 Å². The number of rotatable bonds is 3. The molecule has 1 aliphatic heterocycles. The Morgan fingerprint density at radius 2 is 2.04 bits per heavy atom. The minimum atomic E-state index is 0.200. The Morgan fingerprint density at radius 1 is 1.16 bits per heavy atom. The van der Waals surface area contributed by atoms with E-state index in [2.05, 4.69) is 27.0 Å². The van der Waals surface area contributed by atoms with Crippen molar-refractivity contribution in [2.75, 3.05) is 13.6 Å². The van der Waals surface area contributed by atoms with Crippen LogP contribution in [-0.2, 0) is 17.6 Å². The van der Waals surface area contributed by atoms with Crippen molar-refractivity contribution in [1.82, 2.24) is 20.0 Å². The molecule has 0 bridgehead atoms. The number of allylic oxidation sites excluding steroid dienone is 1. The first-order valence-corrected chi connectivity index (χ1v) is 9.96. The van der Waals surface area contributed by atoms with E-state index in [0.717, 1.165) is 45.1 Å². The molecule has 1 saturated carbocycles. The minimum Gasteiger partial charge on any atom is -0.378 e. The van der Waals surface area contributed by atoms with E-state index < -0.39 is 0 Å². The Morgan fingerprint density at radius 3 is 2.88 bits per heavy atom. The molecule has 4 aliphatic rings. The van der Waals surface area contributed by atoms with Gasteiger partial charge in [0.05, 0.1) is 6.20 Å². The Balaban J connectivity index is 1.34. The highest BCUT2D eigenvalue weighted by atomic mass is 16.2. The summed E-state index contributed by atoms with van der Waals surface area (Å²) in [5.74, 6) is 0.636. The van der Waals surface area contributed by atoms with Gasteiger partial charge in [-0.25, -0.2) is 0 Å². The number of carbonyl (C=O) groups is 1. The summed E-state index contributed by atoms with van der Waals surface area (Å²) in [4.78, 5) is 18.2. The van der Waals surface area contributed by atoms with Crippen LogP contribution in [0.1, 0.15) is 56.2 Å². The van der Waals surface area contributed by atoms with E-state index >= 15 is 0 Å². The van der Waals surface area contributed by atoms with E-state index in [1.165, 1.54) is 36.2 Å². The van der Waals surface area contributed by atoms with Crippen molar-refractivity contribution in [3.05, 3.63) is 28.7 Å². The van der Waals surface area contributed by atoms with Gasteiger partial charge in [0.25, 0.3) is 0 Å². The van der Waals surface area contributed by atoms with Crippen LogP contribution in [0.15, 0.2) is 17.5 Å². The van der Waals surface area contributed by atoms with Gasteiger partial charge in [-0.15, -0.1) is 0 Å². The first kappa shape index (κ1) is 15.5. The number of amides is 1. The second kappa shape index (κ2) is 5.89. The third kappa shape index (κ3) is 2.68. The average Bonchev–Trinajstić information content (AvgIpc) is 3.23. The van der Waals surface area contributed by atoms with E-state index in [-0.39, 0.29) is 5.92 Å². The molecule has 1 aromatic rings. The summed E-state index contributed by atoms with van der Waals surface area (Å²) in [7, 11) is 2.19. The van der Waals surface area contributed by atoms with Crippen LogP contribution in [0.25, 0.3) is 0 Å². The van der Waals surface area contributed by atoms with Crippen molar-refractivity contribution >= 4 is 5.91 Å². The fourth-order valence-electron chi connectivity index (χ4n) is 5.17. The molecule has 0 spiro atoms. The van der Waals surface area contributed by atoms with E-state index in [1.807, 2.05) is 6.20 Å². The van der Waals surface area contributed by atoms with Crippen LogP contribution in [-0.4, -0.2) is 51.6 Å². The van der Waals surface area contributed by atoms with Crippen molar-refractivity contribution in [1.29, 1.82) is 0 Å². The summed E-state index contributed by atoms with van der Waals surface area (Å²) in [6.07, 6.45) is 11.8. The van der Waals surface area contributed by atoms with E-state index in [0.29, 0.717) is 18.0 Å². The lowest BCUT2D eigenvalue weighted by molar-refractivity contribution is -0.139. The molecule has 1 N–H and O–H groups in total. The Kier molecular flexibility index (Phi) is 3.64. The summed E-state index contributed by atoms with van der Waals surface area (Å²) in [6, 6.07) is 0.879. The number of hydrogen-bond donors (Lipinski definition) is 1. The van der Waals surface area contributed by atoms with Gasteiger partial charge in [0.1, 0.15) is 0 Å². The highest BCUT2D eigenvalue weighted by Gasteiger charge is 2.42. The second-order valence-corrected chi connectivity index (χ2v) is 8.41. The molecule has 0 aromatic carbocycles. The lowest BCUT2D eigenvalue weighted by Crippen LogP contribution is -2.48. The molecule has 5 heteroatoms. The monoisotopic (exact) mass is 340 g/mol. The number of fused-ring (bicyclic) bond motifs is 1. The van der Waals surface area contributed by atoms with E-state index in [9.17, 15) is 4.79 Å². The summed E-state index contributed by atoms with van der Waals surface area (Å²) in [6.45, 7) is 1.14. The molecular formula is C20H28N4O. The van der Waals surface area contributed by atoms with Crippen LogP contribution >= 0.6 is 0 Å². The molecule has 1 aromatic heterocycles. The van der Waals surface area contributed by atoms with Crippen molar-refractivity contribution < 1.29 is 4.79 Å². The molecule has 2 atom stereocenters. The molecule has 3 aliphatic carbocycles. The predicted molar refractivity (Wildman–Crippen MR) is 95.9 cm³/mol. The first-order chi connectivity index (χ1) is 12.2. The molecular weight excluding hydrogens is 312 g/mol. The molecule has 5 rings (SSSR count). The Labute approximate surface area is 149 Å². The van der Waals surface area contributed by atoms with Gasteiger partial charge in [-0.1, -0.05) is 0 Å². The molecule has 5 nitrogen and oxygen atoms in total. The molecule has 2 unspecified atom stereocenters. The molecule has 2 heterocycles. The van der Waals surface area contributed by atoms with Crippen LogP contribution in [0.3, 0.4) is 0 Å². The molecule has 25 heavy (non-hydrogen) atoms. The third-order valence-electron chi connectivity index (χ3n) is 6.78. The quantitative estimate of drug-likeness (QED) is 0.920. The number of nitrogens with one attached hydrogen (secondary N) is 1. The third-order valence-corrected chi connectivity index (χ3v) is 6.78. The number of carbonyl (C=O) groups excluding carboxylic acids is 1. The summed E-state index contributed by atoms with van der Waals surface area (Å²) in [5, 5.41) is 7.32. The predicted octanol–water partition coefficient (Wildman–Crippen LogP) is 2.65. The van der Waals surface area contributed by atoms with E-state index in [1.54, 1.807) is 5.57 Å². The van der Waals surface area contributed by atoms with Gasteiger partial charge in [0.15, 0.2) is 0 Å². The van der Waals surface area contributed by atoms with Gasteiger partial charge < -0.3 is 9.80 Å². The van der Waals surface area contributed by atoms with Crippen LogP contribution in [0.4, 0.5) is 0 Å². The highest BCUT2D eigenvalue weighted by Crippen LogP contribution is 2.40. The lowest BCUT2D eigenvalue weighted by atomic mass is 9.85. The van der Waals surface area contributed by atoms with Gasteiger partial charge in [-0.2, -0.15) is 5.10 Å². The average molecular weight is 340 g/mol. The normalized spacial score (nSPS) is 28.8. The zero-order valence-corrected chi connectivity index (χ0v) is 15.1. The van der Waals surface area contributed by atoms with Crippen LogP contribution in [0.5, 0.6) is 0 Å². The van der Waals surface area contributed by atoms with Gasteiger partial charge in [0.2, 0.25) is 5.91 Å². The Hall–Kier alpha value is -1.78. The maximum Gasteiger partial charge on any atom is 0.226 e. The summed E-state index contributed by atoms with van der Waals surface area (Å²) in [5.41, 5.74) is 5.68. The number of nitrogens with zero attached hydrogens (tertiary/aromatic N) is 3. The van der Waals surface area contributed by atoms with Crippen molar-refractivity contribution in [2.45, 2.75) is 69.9 Å². The maximum atomic E-state index is 13.5. The van der Waals surface area contributed by atoms with Gasteiger partial charge >= 0.3 is 0 Å². The molecule has 134 valence electrons. The number of aryl methyl sites for hydroxylation is 1. The van der Waals surface area contributed by atoms with Crippen LogP contribution in [0, 0.1) is 5.92 Å². The van der Waals surface area contributed by atoms with Gasteiger partial charge in [-0.05, 0) is 68.9 Å². The zero-order chi connectivity index (χ0) is 17.0. The SMILES string of the molecule is CN1CCC2=C1CC(C(=O)N(C1CC1)C1CCc3[nH]ncc3C1)CC2. The highest BCUT2D eigenvalue weighted by molar-refractivity contribution is 5.80. The number of aromatic amines is 1. The standard InChI is InChI=1S/C20H28N4O/c1-23-9-8-13-2-3-14(11-19(13)23)20(25)24(16-4-5-16)17-6-7-18-15(10-17)12-21-22-18/h12,14,16-17H,2-11H2,1H3,(H,21,22). The molecule has 1 fully saturated rings. The largest absolute Gasteiger partial charge is 0.378 e. The fraction of sp³-hybridized carbons (Fsp3) is 0.700. The number of hydrogen-bond acceptors (Lipinski definition) is 3. The minimum absolute atomic E-state index is 0.200. The number of H-pyrrole nitrogens is 1. The molecule has 1 amide bonds. The van der Waals surface area contributed by atoms with Crippen molar-refractivity contribution in [3.8, 4) is 0 Å². The maximum absolute atomic E-state index is 13.5. The second-order valence-electron chi connectivity index (χ2n) is 8.41. The number of aromatic nitrogens is 2. The van der Waals surface area contributed by atoms with Crippen LogP contribution in [0.2, 0.25) is 0 Å². The summed E-state index contributed by atoms with van der Waals surface area (Å²) < 4.78 is 0. The van der Waals surface area contributed by atoms with Gasteiger partial charge in [-0.3, -0.25) is 9.89 Å². The van der Waals surface area contributed by atoms with Crippen molar-refractivity contribution in [3.63, 3.8) is 0 Å². The molecule has 0 saturated heterocycles. The fourth-order valence-corrected chi connectivity index (χ4v) is 5.17. The zero-order valence-electron chi connectivity index (χ0n) is 15.1.